The molecule has 0 saturated carbocycles. The zero-order valence-electron chi connectivity index (χ0n) is 14.0. The zero-order chi connectivity index (χ0) is 16.1. The summed E-state index contributed by atoms with van der Waals surface area (Å²) in [5.41, 5.74) is 7.12. The van der Waals surface area contributed by atoms with Gasteiger partial charge in [0.2, 0.25) is 0 Å². The largest absolute Gasteiger partial charge is 0.349 e. The molecule has 0 aromatic heterocycles. The summed E-state index contributed by atoms with van der Waals surface area (Å²) in [7, 11) is 0. The quantitative estimate of drug-likeness (QED) is 0.871. The van der Waals surface area contributed by atoms with Crippen LogP contribution in [-0.4, -0.2) is 24.3 Å². The minimum atomic E-state index is -0.0268. The lowest BCUT2D eigenvalue weighted by Gasteiger charge is -2.29. The summed E-state index contributed by atoms with van der Waals surface area (Å²) in [5.74, 6) is 0. The Morgan fingerprint density at radius 3 is 2.48 bits per heavy atom. The number of hydrogen-bond donors (Lipinski definition) is 1. The normalized spacial score (nSPS) is 19.8. The second-order valence-electron chi connectivity index (χ2n) is 6.14. The molecule has 0 aliphatic carbocycles. The van der Waals surface area contributed by atoms with Crippen LogP contribution < -0.4 is 5.43 Å². The van der Waals surface area contributed by atoms with E-state index in [0.29, 0.717) is 0 Å². The minimum Gasteiger partial charge on any atom is -0.349 e. The monoisotopic (exact) mass is 310 g/mol. The van der Waals surface area contributed by atoms with Gasteiger partial charge in [0.1, 0.15) is 12.3 Å². The molecule has 3 nitrogen and oxygen atoms in total. The van der Waals surface area contributed by atoms with Crippen LogP contribution >= 0.6 is 0 Å². The predicted molar refractivity (Wildman–Crippen MR) is 94.0 cm³/mol. The van der Waals surface area contributed by atoms with Crippen molar-refractivity contribution < 1.29 is 4.74 Å². The molecule has 1 fully saturated rings. The van der Waals surface area contributed by atoms with Gasteiger partial charge in [0, 0.05) is 13.1 Å². The fraction of sp³-hybridized carbons (Fsp3) is 0.400. The summed E-state index contributed by atoms with van der Waals surface area (Å²) in [4.78, 5) is 0. The SMILES string of the molecule is CCNN1CCCC1OC(c1ccccc1)c1ccc(C)cc1. The molecule has 2 aromatic rings. The average Bonchev–Trinajstić information content (AvgIpc) is 3.02. The van der Waals surface area contributed by atoms with E-state index in [0.717, 1.165) is 19.5 Å². The van der Waals surface area contributed by atoms with Crippen LogP contribution in [0.25, 0.3) is 0 Å². The topological polar surface area (TPSA) is 24.5 Å². The molecule has 0 spiro atoms. The predicted octanol–water partition coefficient (Wildman–Crippen LogP) is 4.05. The highest BCUT2D eigenvalue weighted by Crippen LogP contribution is 2.30. The first-order valence-electron chi connectivity index (χ1n) is 8.55. The van der Waals surface area contributed by atoms with Crippen molar-refractivity contribution in [2.45, 2.75) is 39.0 Å². The van der Waals surface area contributed by atoms with Crippen LogP contribution in [0.15, 0.2) is 54.6 Å². The number of benzene rings is 2. The molecule has 2 unspecified atom stereocenters. The van der Waals surface area contributed by atoms with Crippen molar-refractivity contribution in [1.82, 2.24) is 10.4 Å². The first-order chi connectivity index (χ1) is 11.3. The lowest BCUT2D eigenvalue weighted by Crippen LogP contribution is -2.43. The van der Waals surface area contributed by atoms with Gasteiger partial charge in [0.15, 0.2) is 0 Å². The van der Waals surface area contributed by atoms with E-state index < -0.39 is 0 Å². The Morgan fingerprint density at radius 1 is 1.09 bits per heavy atom. The molecule has 1 saturated heterocycles. The molecule has 0 bridgehead atoms. The summed E-state index contributed by atoms with van der Waals surface area (Å²) < 4.78 is 6.55. The van der Waals surface area contributed by atoms with Crippen LogP contribution in [0, 0.1) is 6.92 Å². The number of nitrogens with one attached hydrogen (secondary N) is 1. The van der Waals surface area contributed by atoms with Crippen molar-refractivity contribution in [2.75, 3.05) is 13.1 Å². The van der Waals surface area contributed by atoms with Gasteiger partial charge in [-0.3, -0.25) is 5.43 Å². The Morgan fingerprint density at radius 2 is 1.78 bits per heavy atom. The molecule has 23 heavy (non-hydrogen) atoms. The van der Waals surface area contributed by atoms with Crippen LogP contribution in [0.3, 0.4) is 0 Å². The second-order valence-corrected chi connectivity index (χ2v) is 6.14. The molecule has 3 heteroatoms. The Bertz CT molecular complexity index is 597. The lowest BCUT2D eigenvalue weighted by molar-refractivity contribution is -0.0865. The van der Waals surface area contributed by atoms with E-state index in [1.165, 1.54) is 23.1 Å². The molecule has 1 aliphatic heterocycles. The molecule has 1 aliphatic rings. The lowest BCUT2D eigenvalue weighted by atomic mass is 10.0. The van der Waals surface area contributed by atoms with E-state index >= 15 is 0 Å². The minimum absolute atomic E-state index is 0.0268. The van der Waals surface area contributed by atoms with Crippen molar-refractivity contribution in [1.29, 1.82) is 0 Å². The van der Waals surface area contributed by atoms with Gasteiger partial charge in [-0.2, -0.15) is 0 Å². The molecule has 2 atom stereocenters. The van der Waals surface area contributed by atoms with Crippen molar-refractivity contribution in [3.05, 3.63) is 71.3 Å². The van der Waals surface area contributed by atoms with E-state index in [-0.39, 0.29) is 12.3 Å². The van der Waals surface area contributed by atoms with Crippen LogP contribution in [0.2, 0.25) is 0 Å². The van der Waals surface area contributed by atoms with E-state index in [9.17, 15) is 0 Å². The van der Waals surface area contributed by atoms with E-state index in [4.69, 9.17) is 4.74 Å². The summed E-state index contributed by atoms with van der Waals surface area (Å²) in [5, 5.41) is 2.24. The van der Waals surface area contributed by atoms with Gasteiger partial charge in [-0.1, -0.05) is 67.1 Å². The van der Waals surface area contributed by atoms with Crippen molar-refractivity contribution in [2.24, 2.45) is 0 Å². The maximum absolute atomic E-state index is 6.55. The highest BCUT2D eigenvalue weighted by atomic mass is 16.5. The third-order valence-corrected chi connectivity index (χ3v) is 4.33. The highest BCUT2D eigenvalue weighted by molar-refractivity contribution is 5.31. The Labute approximate surface area is 139 Å². The fourth-order valence-electron chi connectivity index (χ4n) is 3.14. The summed E-state index contributed by atoms with van der Waals surface area (Å²) in [6.45, 7) is 6.23. The maximum atomic E-state index is 6.55. The molecule has 1 heterocycles. The molecule has 3 rings (SSSR count). The van der Waals surface area contributed by atoms with E-state index in [2.05, 4.69) is 78.9 Å². The van der Waals surface area contributed by atoms with Gasteiger partial charge in [-0.25, -0.2) is 5.01 Å². The van der Waals surface area contributed by atoms with Gasteiger partial charge >= 0.3 is 0 Å². The van der Waals surface area contributed by atoms with Crippen LogP contribution in [0.1, 0.15) is 42.6 Å². The molecule has 1 N–H and O–H groups in total. The van der Waals surface area contributed by atoms with Crippen molar-refractivity contribution >= 4 is 0 Å². The van der Waals surface area contributed by atoms with E-state index in [1.54, 1.807) is 0 Å². The van der Waals surface area contributed by atoms with Gasteiger partial charge in [-0.15, -0.1) is 0 Å². The molecular formula is C20H26N2O. The molecule has 0 radical (unpaired) electrons. The Hall–Kier alpha value is -1.68. The zero-order valence-corrected chi connectivity index (χ0v) is 14.0. The fourth-order valence-corrected chi connectivity index (χ4v) is 3.14. The van der Waals surface area contributed by atoms with Crippen LogP contribution in [0.5, 0.6) is 0 Å². The summed E-state index contributed by atoms with van der Waals surface area (Å²) in [6, 6.07) is 19.2. The first kappa shape index (κ1) is 16.2. The van der Waals surface area contributed by atoms with Crippen LogP contribution in [-0.2, 0) is 4.74 Å². The van der Waals surface area contributed by atoms with Crippen molar-refractivity contribution in [3.8, 4) is 0 Å². The Balaban J connectivity index is 1.85. The number of aryl methyl sites for hydroxylation is 1. The van der Waals surface area contributed by atoms with Gasteiger partial charge in [-0.05, 0) is 30.9 Å². The maximum Gasteiger partial charge on any atom is 0.124 e. The third kappa shape index (κ3) is 3.99. The summed E-state index contributed by atoms with van der Waals surface area (Å²) >= 11 is 0. The third-order valence-electron chi connectivity index (χ3n) is 4.33. The number of hydrogen-bond acceptors (Lipinski definition) is 3. The van der Waals surface area contributed by atoms with Gasteiger partial charge in [0.25, 0.3) is 0 Å². The number of ether oxygens (including phenoxy) is 1. The molecule has 0 amide bonds. The second kappa shape index (κ2) is 7.73. The van der Waals surface area contributed by atoms with Gasteiger partial charge in [0.05, 0.1) is 0 Å². The number of rotatable bonds is 6. The average molecular weight is 310 g/mol. The molecule has 2 aromatic carbocycles. The summed E-state index contributed by atoms with van der Waals surface area (Å²) in [6.07, 6.45) is 2.34. The first-order valence-corrected chi connectivity index (χ1v) is 8.55. The number of nitrogens with zero attached hydrogens (tertiary/aromatic N) is 1. The number of hydrazine groups is 1. The van der Waals surface area contributed by atoms with Crippen molar-refractivity contribution in [3.63, 3.8) is 0 Å². The standard InChI is InChI=1S/C20H26N2O/c1-3-21-22-15-7-10-19(22)23-20(17-8-5-4-6-9-17)18-13-11-16(2)12-14-18/h4-6,8-9,11-14,19-21H,3,7,10,15H2,1-2H3. The Kier molecular flexibility index (Phi) is 5.44. The molecule has 122 valence electrons. The van der Waals surface area contributed by atoms with Crippen LogP contribution in [0.4, 0.5) is 0 Å². The highest BCUT2D eigenvalue weighted by Gasteiger charge is 2.28. The van der Waals surface area contributed by atoms with Gasteiger partial charge < -0.3 is 4.74 Å². The van der Waals surface area contributed by atoms with E-state index in [1.807, 2.05) is 0 Å². The smallest absolute Gasteiger partial charge is 0.124 e. The molecular weight excluding hydrogens is 284 g/mol.